The largest absolute Gasteiger partial charge is 0.353 e. The monoisotopic (exact) mass is 197 g/mol. The maximum atomic E-state index is 11.4. The van der Waals surface area contributed by atoms with E-state index in [9.17, 15) is 4.79 Å². The number of hydrogen-bond acceptors (Lipinski definition) is 1. The molecule has 82 valence electrons. The summed E-state index contributed by atoms with van der Waals surface area (Å²) in [6.45, 7) is 6.68. The summed E-state index contributed by atoms with van der Waals surface area (Å²) in [4.78, 5) is 11.4. The Bertz CT molecular complexity index is 188. The standard InChI is InChI=1S/C12H23NO/c1-4-5-11(14)13-10-6-8-12(2,3)9-7-10/h10H,4-9H2,1-3H3,(H,13,14). The molecule has 1 rings (SSSR count). The van der Waals surface area contributed by atoms with Crippen molar-refractivity contribution in [2.24, 2.45) is 5.41 Å². The van der Waals surface area contributed by atoms with Gasteiger partial charge in [0.25, 0.3) is 0 Å². The van der Waals surface area contributed by atoms with Crippen LogP contribution in [0.25, 0.3) is 0 Å². The molecule has 0 radical (unpaired) electrons. The lowest BCUT2D eigenvalue weighted by Crippen LogP contribution is -2.39. The van der Waals surface area contributed by atoms with Crippen LogP contribution in [0.15, 0.2) is 0 Å². The molecule has 1 aliphatic rings. The third kappa shape index (κ3) is 3.69. The van der Waals surface area contributed by atoms with Gasteiger partial charge in [-0.05, 0) is 37.5 Å². The fourth-order valence-electron chi connectivity index (χ4n) is 2.07. The Balaban J connectivity index is 2.25. The van der Waals surface area contributed by atoms with Crippen LogP contribution in [0.4, 0.5) is 0 Å². The van der Waals surface area contributed by atoms with Gasteiger partial charge in [-0.15, -0.1) is 0 Å². The Labute approximate surface area is 87.5 Å². The van der Waals surface area contributed by atoms with E-state index in [-0.39, 0.29) is 5.91 Å². The molecule has 0 saturated heterocycles. The summed E-state index contributed by atoms with van der Waals surface area (Å²) in [6, 6.07) is 0.446. The van der Waals surface area contributed by atoms with Crippen LogP contribution in [0.1, 0.15) is 59.3 Å². The highest BCUT2D eigenvalue weighted by Gasteiger charge is 2.27. The summed E-state index contributed by atoms with van der Waals surface area (Å²) in [5, 5.41) is 3.12. The van der Waals surface area contributed by atoms with E-state index in [2.05, 4.69) is 19.2 Å². The number of carbonyl (C=O) groups excluding carboxylic acids is 1. The molecule has 0 aromatic heterocycles. The van der Waals surface area contributed by atoms with Gasteiger partial charge >= 0.3 is 0 Å². The second-order valence-corrected chi connectivity index (χ2v) is 5.26. The Kier molecular flexibility index (Phi) is 3.97. The zero-order valence-corrected chi connectivity index (χ0v) is 9.73. The first-order valence-corrected chi connectivity index (χ1v) is 5.83. The summed E-state index contributed by atoms with van der Waals surface area (Å²) in [7, 11) is 0. The van der Waals surface area contributed by atoms with Gasteiger partial charge in [0.05, 0.1) is 0 Å². The number of rotatable bonds is 3. The Morgan fingerprint density at radius 3 is 2.43 bits per heavy atom. The second-order valence-electron chi connectivity index (χ2n) is 5.26. The highest BCUT2D eigenvalue weighted by molar-refractivity contribution is 5.76. The highest BCUT2D eigenvalue weighted by atomic mass is 16.1. The van der Waals surface area contributed by atoms with Gasteiger partial charge in [0.2, 0.25) is 5.91 Å². The lowest BCUT2D eigenvalue weighted by molar-refractivity contribution is -0.122. The molecule has 1 aliphatic carbocycles. The Hall–Kier alpha value is -0.530. The molecule has 0 heterocycles. The smallest absolute Gasteiger partial charge is 0.220 e. The predicted octanol–water partition coefficient (Wildman–Crippen LogP) is 2.87. The molecule has 2 nitrogen and oxygen atoms in total. The zero-order chi connectivity index (χ0) is 10.6. The van der Waals surface area contributed by atoms with Gasteiger partial charge < -0.3 is 5.32 Å². The molecule has 1 saturated carbocycles. The second kappa shape index (κ2) is 4.81. The van der Waals surface area contributed by atoms with Crippen LogP contribution >= 0.6 is 0 Å². The first kappa shape index (κ1) is 11.5. The molecule has 0 aromatic rings. The lowest BCUT2D eigenvalue weighted by atomic mass is 9.75. The topological polar surface area (TPSA) is 29.1 Å². The SMILES string of the molecule is CCCC(=O)NC1CCC(C)(C)CC1. The average Bonchev–Trinajstić information content (AvgIpc) is 2.09. The maximum absolute atomic E-state index is 11.4. The zero-order valence-electron chi connectivity index (χ0n) is 9.73. The third-order valence-corrected chi connectivity index (χ3v) is 3.18. The average molecular weight is 197 g/mol. The molecule has 0 unspecified atom stereocenters. The third-order valence-electron chi connectivity index (χ3n) is 3.18. The van der Waals surface area contributed by atoms with Crippen molar-refractivity contribution in [3.05, 3.63) is 0 Å². The van der Waals surface area contributed by atoms with E-state index in [1.165, 1.54) is 12.8 Å². The van der Waals surface area contributed by atoms with Gasteiger partial charge in [0, 0.05) is 12.5 Å². The lowest BCUT2D eigenvalue weighted by Gasteiger charge is -2.34. The number of amides is 1. The van der Waals surface area contributed by atoms with E-state index in [0.29, 0.717) is 17.9 Å². The van der Waals surface area contributed by atoms with E-state index in [0.717, 1.165) is 19.3 Å². The van der Waals surface area contributed by atoms with E-state index in [1.54, 1.807) is 0 Å². The van der Waals surface area contributed by atoms with Crippen LogP contribution < -0.4 is 5.32 Å². The van der Waals surface area contributed by atoms with E-state index in [4.69, 9.17) is 0 Å². The minimum atomic E-state index is 0.234. The van der Waals surface area contributed by atoms with Gasteiger partial charge in [-0.2, -0.15) is 0 Å². The normalized spacial score (nSPS) is 21.9. The molecule has 1 amide bonds. The van der Waals surface area contributed by atoms with Crippen molar-refractivity contribution < 1.29 is 4.79 Å². The minimum Gasteiger partial charge on any atom is -0.353 e. The van der Waals surface area contributed by atoms with Crippen molar-refractivity contribution in [1.29, 1.82) is 0 Å². The van der Waals surface area contributed by atoms with Gasteiger partial charge in [-0.25, -0.2) is 0 Å². The molecule has 0 aromatic carbocycles. The fourth-order valence-corrected chi connectivity index (χ4v) is 2.07. The van der Waals surface area contributed by atoms with Crippen molar-refractivity contribution in [3.63, 3.8) is 0 Å². The number of hydrogen-bond donors (Lipinski definition) is 1. The first-order chi connectivity index (χ1) is 6.53. The van der Waals surface area contributed by atoms with E-state index >= 15 is 0 Å². The van der Waals surface area contributed by atoms with Crippen molar-refractivity contribution >= 4 is 5.91 Å². The van der Waals surface area contributed by atoms with Crippen LogP contribution in [0.5, 0.6) is 0 Å². The molecule has 1 N–H and O–H groups in total. The van der Waals surface area contributed by atoms with Crippen molar-refractivity contribution in [3.8, 4) is 0 Å². The summed E-state index contributed by atoms with van der Waals surface area (Å²) < 4.78 is 0. The molecule has 2 heteroatoms. The predicted molar refractivity (Wildman–Crippen MR) is 59.1 cm³/mol. The molecule has 0 bridgehead atoms. The van der Waals surface area contributed by atoms with Crippen LogP contribution in [-0.4, -0.2) is 11.9 Å². The van der Waals surface area contributed by atoms with Crippen LogP contribution in [0.2, 0.25) is 0 Å². The molecular weight excluding hydrogens is 174 g/mol. The van der Waals surface area contributed by atoms with Crippen LogP contribution in [-0.2, 0) is 4.79 Å². The van der Waals surface area contributed by atoms with Gasteiger partial charge in [-0.1, -0.05) is 20.8 Å². The Morgan fingerprint density at radius 2 is 1.93 bits per heavy atom. The highest BCUT2D eigenvalue weighted by Crippen LogP contribution is 2.34. The van der Waals surface area contributed by atoms with E-state index in [1.807, 2.05) is 6.92 Å². The summed E-state index contributed by atoms with van der Waals surface area (Å²) in [5.74, 6) is 0.234. The van der Waals surface area contributed by atoms with E-state index < -0.39 is 0 Å². The Morgan fingerprint density at radius 1 is 1.36 bits per heavy atom. The van der Waals surface area contributed by atoms with Crippen molar-refractivity contribution in [2.75, 3.05) is 0 Å². The number of nitrogens with one attached hydrogen (secondary N) is 1. The van der Waals surface area contributed by atoms with Gasteiger partial charge in [0.1, 0.15) is 0 Å². The summed E-state index contributed by atoms with van der Waals surface area (Å²) in [6.07, 6.45) is 6.42. The maximum Gasteiger partial charge on any atom is 0.220 e. The minimum absolute atomic E-state index is 0.234. The van der Waals surface area contributed by atoms with Gasteiger partial charge in [-0.3, -0.25) is 4.79 Å². The number of carbonyl (C=O) groups is 1. The van der Waals surface area contributed by atoms with Crippen molar-refractivity contribution in [2.45, 2.75) is 65.3 Å². The quantitative estimate of drug-likeness (QED) is 0.740. The van der Waals surface area contributed by atoms with Crippen LogP contribution in [0, 0.1) is 5.41 Å². The first-order valence-electron chi connectivity index (χ1n) is 5.83. The van der Waals surface area contributed by atoms with Crippen LogP contribution in [0.3, 0.4) is 0 Å². The summed E-state index contributed by atoms with van der Waals surface area (Å²) in [5.41, 5.74) is 0.492. The van der Waals surface area contributed by atoms with Crippen molar-refractivity contribution in [1.82, 2.24) is 5.32 Å². The molecule has 14 heavy (non-hydrogen) atoms. The molecular formula is C12H23NO. The van der Waals surface area contributed by atoms with Gasteiger partial charge in [0.15, 0.2) is 0 Å². The molecule has 1 fully saturated rings. The molecule has 0 aliphatic heterocycles. The molecule has 0 spiro atoms. The molecule has 0 atom stereocenters. The fraction of sp³-hybridized carbons (Fsp3) is 0.917. The summed E-state index contributed by atoms with van der Waals surface area (Å²) >= 11 is 0.